The van der Waals surface area contributed by atoms with Crippen LogP contribution in [0.5, 0.6) is 0 Å². The summed E-state index contributed by atoms with van der Waals surface area (Å²) in [5, 5.41) is 4.89. The number of likely N-dealkylation sites (tertiary alicyclic amines) is 1. The van der Waals surface area contributed by atoms with E-state index < -0.39 is 11.8 Å². The van der Waals surface area contributed by atoms with Crippen molar-refractivity contribution in [3.8, 4) is 11.3 Å². The van der Waals surface area contributed by atoms with Crippen molar-refractivity contribution < 1.29 is 18.9 Å². The van der Waals surface area contributed by atoms with Gasteiger partial charge in [-0.15, -0.1) is 0 Å². The van der Waals surface area contributed by atoms with Crippen molar-refractivity contribution in [1.29, 1.82) is 0 Å². The van der Waals surface area contributed by atoms with E-state index in [0.717, 1.165) is 23.8 Å². The molecule has 8 heteroatoms. The van der Waals surface area contributed by atoms with Gasteiger partial charge in [0.2, 0.25) is 0 Å². The molecule has 3 aromatic rings. The van der Waals surface area contributed by atoms with Crippen LogP contribution in [0.3, 0.4) is 0 Å². The summed E-state index contributed by atoms with van der Waals surface area (Å²) in [5.41, 5.74) is 2.14. The van der Waals surface area contributed by atoms with Gasteiger partial charge in [-0.3, -0.25) is 14.4 Å². The second-order valence-corrected chi connectivity index (χ2v) is 8.19. The van der Waals surface area contributed by atoms with Gasteiger partial charge in [0, 0.05) is 50.4 Å². The van der Waals surface area contributed by atoms with Crippen molar-refractivity contribution in [3.05, 3.63) is 54.1 Å². The molecule has 2 aliphatic heterocycles. The lowest BCUT2D eigenvalue weighted by molar-refractivity contribution is -0.152. The number of piperazine rings is 1. The Balaban J connectivity index is 1.28. The summed E-state index contributed by atoms with van der Waals surface area (Å²) in [6, 6.07) is 15.0. The first-order valence-corrected chi connectivity index (χ1v) is 10.9. The van der Waals surface area contributed by atoms with E-state index in [-0.39, 0.29) is 5.91 Å². The van der Waals surface area contributed by atoms with Crippen molar-refractivity contribution in [1.82, 2.24) is 19.9 Å². The third kappa shape index (κ3) is 3.72. The summed E-state index contributed by atoms with van der Waals surface area (Å²) >= 11 is 0. The molecule has 0 saturated carbocycles. The molecule has 5 rings (SSSR count). The zero-order valence-corrected chi connectivity index (χ0v) is 17.7. The van der Waals surface area contributed by atoms with Crippen LogP contribution in [0.1, 0.15) is 23.2 Å². The number of hydrogen-bond donors (Lipinski definition) is 0. The second kappa shape index (κ2) is 8.45. The minimum absolute atomic E-state index is 0.106. The third-order valence-electron chi connectivity index (χ3n) is 6.19. The number of carbonyl (C=O) groups is 3. The average Bonchev–Trinajstić information content (AvgIpc) is 3.53. The lowest BCUT2D eigenvalue weighted by Crippen LogP contribution is -2.54. The van der Waals surface area contributed by atoms with E-state index in [1.807, 2.05) is 36.4 Å². The van der Waals surface area contributed by atoms with Crippen LogP contribution in [0, 0.1) is 0 Å². The van der Waals surface area contributed by atoms with Crippen LogP contribution in [0.2, 0.25) is 0 Å². The minimum Gasteiger partial charge on any atom is -0.355 e. The molecule has 0 bridgehead atoms. The predicted molar refractivity (Wildman–Crippen MR) is 118 cm³/mol. The number of hydrogen-bond acceptors (Lipinski definition) is 5. The SMILES string of the molecule is O=C(C(=O)N1CCN(C(=O)c2ccc3noc(-c4ccccc4)c3c2)CC1)N1CCCC1. The lowest BCUT2D eigenvalue weighted by atomic mass is 10.1. The molecule has 3 heterocycles. The molecule has 1 aromatic heterocycles. The number of aromatic nitrogens is 1. The largest absolute Gasteiger partial charge is 0.355 e. The number of carbonyl (C=O) groups excluding carboxylic acids is 3. The maximum atomic E-state index is 13.1. The standard InChI is InChI=1S/C24H24N4O4/c29-22(27-12-14-28(15-13-27)24(31)23(30)26-10-4-5-11-26)18-8-9-20-19(16-18)21(32-25-20)17-6-2-1-3-7-17/h1-3,6-9,16H,4-5,10-15H2. The molecule has 164 valence electrons. The van der Waals surface area contributed by atoms with Gasteiger partial charge in [-0.2, -0.15) is 0 Å². The fourth-order valence-electron chi connectivity index (χ4n) is 4.36. The molecule has 0 atom stereocenters. The molecule has 2 aliphatic rings. The fraction of sp³-hybridized carbons (Fsp3) is 0.333. The molecule has 3 amide bonds. The Bertz CT molecular complexity index is 1160. The zero-order valence-electron chi connectivity index (χ0n) is 17.7. The molecule has 32 heavy (non-hydrogen) atoms. The van der Waals surface area contributed by atoms with Gasteiger partial charge in [-0.25, -0.2) is 0 Å². The fourth-order valence-corrected chi connectivity index (χ4v) is 4.36. The van der Waals surface area contributed by atoms with Crippen molar-refractivity contribution in [2.75, 3.05) is 39.3 Å². The Kier molecular flexibility index (Phi) is 5.34. The maximum Gasteiger partial charge on any atom is 0.312 e. The van der Waals surface area contributed by atoms with Crippen LogP contribution in [-0.2, 0) is 9.59 Å². The highest BCUT2D eigenvalue weighted by Crippen LogP contribution is 2.29. The molecule has 0 spiro atoms. The van der Waals surface area contributed by atoms with Crippen LogP contribution in [-0.4, -0.2) is 76.8 Å². The van der Waals surface area contributed by atoms with Crippen LogP contribution in [0.15, 0.2) is 53.1 Å². The highest BCUT2D eigenvalue weighted by atomic mass is 16.5. The Hall–Kier alpha value is -3.68. The minimum atomic E-state index is -0.461. The van der Waals surface area contributed by atoms with Gasteiger partial charge in [0.15, 0.2) is 5.76 Å². The number of rotatable bonds is 2. The lowest BCUT2D eigenvalue weighted by Gasteiger charge is -2.35. The molecule has 8 nitrogen and oxygen atoms in total. The summed E-state index contributed by atoms with van der Waals surface area (Å²) in [6.45, 7) is 2.80. The first-order chi connectivity index (χ1) is 15.6. The maximum absolute atomic E-state index is 13.1. The summed E-state index contributed by atoms with van der Waals surface area (Å²) in [5.74, 6) is -0.359. The van der Waals surface area contributed by atoms with Crippen LogP contribution >= 0.6 is 0 Å². The number of benzene rings is 2. The van der Waals surface area contributed by atoms with Gasteiger partial charge in [0.05, 0.1) is 5.39 Å². The Morgan fingerprint density at radius 3 is 2.06 bits per heavy atom. The van der Waals surface area contributed by atoms with Crippen LogP contribution in [0.4, 0.5) is 0 Å². The van der Waals surface area contributed by atoms with E-state index in [1.54, 1.807) is 26.8 Å². The highest BCUT2D eigenvalue weighted by Gasteiger charge is 2.32. The molecule has 0 radical (unpaired) electrons. The summed E-state index contributed by atoms with van der Waals surface area (Å²) in [6.07, 6.45) is 1.90. The normalized spacial score (nSPS) is 16.6. The molecule has 0 unspecified atom stereocenters. The van der Waals surface area contributed by atoms with Gasteiger partial charge in [-0.1, -0.05) is 35.5 Å². The second-order valence-electron chi connectivity index (χ2n) is 8.19. The van der Waals surface area contributed by atoms with E-state index in [1.165, 1.54) is 0 Å². The molecular formula is C24H24N4O4. The van der Waals surface area contributed by atoms with Crippen molar-refractivity contribution in [2.24, 2.45) is 0 Å². The average molecular weight is 432 g/mol. The van der Waals surface area contributed by atoms with Crippen molar-refractivity contribution >= 4 is 28.6 Å². The monoisotopic (exact) mass is 432 g/mol. The summed E-state index contributed by atoms with van der Waals surface area (Å²) < 4.78 is 5.53. The molecule has 0 aliphatic carbocycles. The molecule has 2 fully saturated rings. The summed E-state index contributed by atoms with van der Waals surface area (Å²) in [4.78, 5) is 42.9. The van der Waals surface area contributed by atoms with E-state index in [2.05, 4.69) is 5.16 Å². The Morgan fingerprint density at radius 2 is 1.38 bits per heavy atom. The number of fused-ring (bicyclic) bond motifs is 1. The predicted octanol–water partition coefficient (Wildman–Crippen LogP) is 2.40. The highest BCUT2D eigenvalue weighted by molar-refractivity contribution is 6.35. The molecule has 0 N–H and O–H groups in total. The number of nitrogens with zero attached hydrogens (tertiary/aromatic N) is 4. The number of amides is 3. The first kappa shape index (κ1) is 20.2. The van der Waals surface area contributed by atoms with Crippen molar-refractivity contribution in [3.63, 3.8) is 0 Å². The van der Waals surface area contributed by atoms with Crippen LogP contribution < -0.4 is 0 Å². The van der Waals surface area contributed by atoms with E-state index in [4.69, 9.17) is 4.52 Å². The Morgan fingerprint density at radius 1 is 0.750 bits per heavy atom. The smallest absolute Gasteiger partial charge is 0.312 e. The summed E-state index contributed by atoms with van der Waals surface area (Å²) in [7, 11) is 0. The van der Waals surface area contributed by atoms with Gasteiger partial charge >= 0.3 is 11.8 Å². The van der Waals surface area contributed by atoms with E-state index >= 15 is 0 Å². The van der Waals surface area contributed by atoms with Gasteiger partial charge in [-0.05, 0) is 31.0 Å². The third-order valence-corrected chi connectivity index (χ3v) is 6.19. The topological polar surface area (TPSA) is 87.0 Å². The zero-order chi connectivity index (χ0) is 22.1. The van der Waals surface area contributed by atoms with Crippen LogP contribution in [0.25, 0.3) is 22.2 Å². The van der Waals surface area contributed by atoms with Gasteiger partial charge in [0.1, 0.15) is 5.52 Å². The van der Waals surface area contributed by atoms with Gasteiger partial charge < -0.3 is 19.2 Å². The molecular weight excluding hydrogens is 408 g/mol. The van der Waals surface area contributed by atoms with E-state index in [9.17, 15) is 14.4 Å². The molecule has 2 aromatic carbocycles. The quantitative estimate of drug-likeness (QED) is 0.581. The van der Waals surface area contributed by atoms with Gasteiger partial charge in [0.25, 0.3) is 5.91 Å². The Labute approximate surface area is 185 Å². The van der Waals surface area contributed by atoms with Crippen molar-refractivity contribution in [2.45, 2.75) is 12.8 Å². The first-order valence-electron chi connectivity index (χ1n) is 10.9. The van der Waals surface area contributed by atoms with E-state index in [0.29, 0.717) is 56.1 Å². The molecule has 2 saturated heterocycles.